The van der Waals surface area contributed by atoms with Crippen molar-refractivity contribution in [3.63, 3.8) is 0 Å². The van der Waals surface area contributed by atoms with Crippen LogP contribution in [0.3, 0.4) is 0 Å². The van der Waals surface area contributed by atoms with E-state index >= 15 is 0 Å². The molecule has 5 heteroatoms. The highest BCUT2D eigenvalue weighted by molar-refractivity contribution is 5.84. The first kappa shape index (κ1) is 12.0. The molecule has 2 heterocycles. The van der Waals surface area contributed by atoms with Gasteiger partial charge in [-0.15, -0.1) is 0 Å². The quantitative estimate of drug-likeness (QED) is 0.858. The van der Waals surface area contributed by atoms with E-state index in [0.717, 1.165) is 37.1 Å². The van der Waals surface area contributed by atoms with Crippen LogP contribution in [0.25, 0.3) is 11.0 Å². The van der Waals surface area contributed by atoms with E-state index < -0.39 is 0 Å². The molecule has 0 saturated carbocycles. The lowest BCUT2D eigenvalue weighted by atomic mass is 10.2. The van der Waals surface area contributed by atoms with E-state index in [1.165, 1.54) is 5.69 Å². The summed E-state index contributed by atoms with van der Waals surface area (Å²) in [5, 5.41) is 4.36. The Morgan fingerprint density at radius 2 is 2.11 bits per heavy atom. The molecule has 0 aliphatic carbocycles. The third-order valence-corrected chi connectivity index (χ3v) is 3.38. The lowest BCUT2D eigenvalue weighted by Gasteiger charge is -2.29. The fourth-order valence-electron chi connectivity index (χ4n) is 2.46. The van der Waals surface area contributed by atoms with E-state index in [2.05, 4.69) is 22.3 Å². The van der Waals surface area contributed by atoms with E-state index in [1.807, 2.05) is 12.1 Å². The second-order valence-electron chi connectivity index (χ2n) is 4.81. The first-order chi connectivity index (χ1) is 9.22. The molecule has 1 aliphatic rings. The standard InChI is InChI=1S/C14H17N3O2/c15-14(18)9-12-8-10-7-11(1-2-13(10)19-12)17-5-3-16-4-6-17/h1-2,7-8,16H,3-6,9H2,(H2,15,18). The molecule has 0 radical (unpaired) electrons. The molecule has 100 valence electrons. The molecule has 1 aliphatic heterocycles. The number of primary amides is 1. The van der Waals surface area contributed by atoms with Gasteiger partial charge < -0.3 is 20.4 Å². The number of nitrogens with two attached hydrogens (primary N) is 1. The van der Waals surface area contributed by atoms with Crippen LogP contribution in [-0.2, 0) is 11.2 Å². The number of nitrogens with one attached hydrogen (secondary N) is 1. The van der Waals surface area contributed by atoms with Crippen molar-refractivity contribution in [1.82, 2.24) is 5.32 Å². The topological polar surface area (TPSA) is 71.5 Å². The number of hydrogen-bond acceptors (Lipinski definition) is 4. The lowest BCUT2D eigenvalue weighted by Crippen LogP contribution is -2.43. The first-order valence-corrected chi connectivity index (χ1v) is 6.49. The number of anilines is 1. The van der Waals surface area contributed by atoms with Gasteiger partial charge in [0.2, 0.25) is 5.91 Å². The number of fused-ring (bicyclic) bond motifs is 1. The first-order valence-electron chi connectivity index (χ1n) is 6.49. The van der Waals surface area contributed by atoms with Crippen LogP contribution in [-0.4, -0.2) is 32.1 Å². The van der Waals surface area contributed by atoms with Gasteiger partial charge in [-0.3, -0.25) is 4.79 Å². The molecule has 19 heavy (non-hydrogen) atoms. The van der Waals surface area contributed by atoms with Gasteiger partial charge in [0, 0.05) is 37.3 Å². The second-order valence-corrected chi connectivity index (χ2v) is 4.81. The van der Waals surface area contributed by atoms with Crippen LogP contribution in [0.4, 0.5) is 5.69 Å². The van der Waals surface area contributed by atoms with E-state index in [0.29, 0.717) is 5.76 Å². The molecular formula is C14H17N3O2. The predicted octanol–water partition coefficient (Wildman–Crippen LogP) is 0.870. The van der Waals surface area contributed by atoms with Crippen LogP contribution in [0, 0.1) is 0 Å². The molecule has 0 unspecified atom stereocenters. The average molecular weight is 259 g/mol. The predicted molar refractivity (Wildman–Crippen MR) is 74.2 cm³/mol. The van der Waals surface area contributed by atoms with Crippen LogP contribution in [0.5, 0.6) is 0 Å². The Morgan fingerprint density at radius 3 is 2.84 bits per heavy atom. The maximum Gasteiger partial charge on any atom is 0.225 e. The highest BCUT2D eigenvalue weighted by Gasteiger charge is 2.12. The number of amides is 1. The highest BCUT2D eigenvalue weighted by Crippen LogP contribution is 2.25. The average Bonchev–Trinajstić information content (AvgIpc) is 2.79. The van der Waals surface area contributed by atoms with Crippen molar-refractivity contribution in [3.05, 3.63) is 30.0 Å². The van der Waals surface area contributed by atoms with Gasteiger partial charge in [-0.2, -0.15) is 0 Å². The highest BCUT2D eigenvalue weighted by atomic mass is 16.3. The van der Waals surface area contributed by atoms with Gasteiger partial charge in [-0.25, -0.2) is 0 Å². The third kappa shape index (κ3) is 2.56. The van der Waals surface area contributed by atoms with E-state index in [9.17, 15) is 4.79 Å². The minimum Gasteiger partial charge on any atom is -0.461 e. The molecule has 1 saturated heterocycles. The van der Waals surface area contributed by atoms with Gasteiger partial charge in [0.05, 0.1) is 6.42 Å². The van der Waals surface area contributed by atoms with Crippen molar-refractivity contribution >= 4 is 22.6 Å². The van der Waals surface area contributed by atoms with E-state index in [-0.39, 0.29) is 12.3 Å². The number of carbonyl (C=O) groups is 1. The maximum absolute atomic E-state index is 10.9. The van der Waals surface area contributed by atoms with Gasteiger partial charge in [0.1, 0.15) is 11.3 Å². The normalized spacial score (nSPS) is 15.9. The maximum atomic E-state index is 10.9. The zero-order chi connectivity index (χ0) is 13.2. The van der Waals surface area contributed by atoms with Gasteiger partial charge in [-0.1, -0.05) is 0 Å². The van der Waals surface area contributed by atoms with Crippen molar-refractivity contribution < 1.29 is 9.21 Å². The van der Waals surface area contributed by atoms with Crippen molar-refractivity contribution in [3.8, 4) is 0 Å². The van der Waals surface area contributed by atoms with Crippen LogP contribution in [0.1, 0.15) is 5.76 Å². The molecule has 1 aromatic carbocycles. The molecule has 1 fully saturated rings. The summed E-state index contributed by atoms with van der Waals surface area (Å²) in [6.07, 6.45) is 0.150. The number of benzene rings is 1. The zero-order valence-corrected chi connectivity index (χ0v) is 10.7. The minimum atomic E-state index is -0.374. The Bertz CT molecular complexity index is 600. The summed E-state index contributed by atoms with van der Waals surface area (Å²) >= 11 is 0. The molecule has 5 nitrogen and oxygen atoms in total. The fourth-order valence-corrected chi connectivity index (χ4v) is 2.46. The number of hydrogen-bond donors (Lipinski definition) is 2. The Hall–Kier alpha value is -2.01. The van der Waals surface area contributed by atoms with Crippen molar-refractivity contribution in [2.45, 2.75) is 6.42 Å². The van der Waals surface area contributed by atoms with Gasteiger partial charge in [0.15, 0.2) is 0 Å². The summed E-state index contributed by atoms with van der Waals surface area (Å²) in [4.78, 5) is 13.3. The van der Waals surface area contributed by atoms with Crippen molar-refractivity contribution in [2.24, 2.45) is 5.73 Å². The van der Waals surface area contributed by atoms with Crippen LogP contribution in [0.2, 0.25) is 0 Å². The number of nitrogens with zero attached hydrogens (tertiary/aromatic N) is 1. The molecular weight excluding hydrogens is 242 g/mol. The molecule has 2 aromatic rings. The smallest absolute Gasteiger partial charge is 0.225 e. The Kier molecular flexibility index (Phi) is 3.13. The third-order valence-electron chi connectivity index (χ3n) is 3.38. The Morgan fingerprint density at radius 1 is 1.32 bits per heavy atom. The zero-order valence-electron chi connectivity index (χ0n) is 10.7. The van der Waals surface area contributed by atoms with Crippen LogP contribution >= 0.6 is 0 Å². The van der Waals surface area contributed by atoms with Gasteiger partial charge >= 0.3 is 0 Å². The number of piperazine rings is 1. The summed E-state index contributed by atoms with van der Waals surface area (Å²) in [6, 6.07) is 8.02. The van der Waals surface area contributed by atoms with Gasteiger partial charge in [-0.05, 0) is 24.3 Å². The largest absolute Gasteiger partial charge is 0.461 e. The molecule has 1 amide bonds. The molecule has 1 aromatic heterocycles. The summed E-state index contributed by atoms with van der Waals surface area (Å²) in [5.74, 6) is 0.251. The van der Waals surface area contributed by atoms with Crippen molar-refractivity contribution in [1.29, 1.82) is 0 Å². The number of rotatable bonds is 3. The summed E-state index contributed by atoms with van der Waals surface area (Å²) in [5.41, 5.74) is 7.17. The van der Waals surface area contributed by atoms with Crippen LogP contribution in [0.15, 0.2) is 28.7 Å². The molecule has 3 rings (SSSR count). The number of carbonyl (C=O) groups excluding carboxylic acids is 1. The minimum absolute atomic E-state index is 0.150. The molecule has 0 bridgehead atoms. The second kappa shape index (κ2) is 4.93. The van der Waals surface area contributed by atoms with Crippen molar-refractivity contribution in [2.75, 3.05) is 31.1 Å². The summed E-state index contributed by atoms with van der Waals surface area (Å²) in [7, 11) is 0. The molecule has 0 atom stereocenters. The molecule has 3 N–H and O–H groups in total. The van der Waals surface area contributed by atoms with Gasteiger partial charge in [0.25, 0.3) is 0 Å². The summed E-state index contributed by atoms with van der Waals surface area (Å²) in [6.45, 7) is 4.04. The molecule has 0 spiro atoms. The number of furan rings is 1. The van der Waals surface area contributed by atoms with E-state index in [1.54, 1.807) is 0 Å². The van der Waals surface area contributed by atoms with E-state index in [4.69, 9.17) is 10.2 Å². The monoisotopic (exact) mass is 259 g/mol. The summed E-state index contributed by atoms with van der Waals surface area (Å²) < 4.78 is 5.59. The van der Waals surface area contributed by atoms with Crippen LogP contribution < -0.4 is 16.0 Å². The Labute approximate surface area is 111 Å². The fraction of sp³-hybridized carbons (Fsp3) is 0.357. The SMILES string of the molecule is NC(=O)Cc1cc2cc(N3CCNCC3)ccc2o1. The Balaban J connectivity index is 1.89. The lowest BCUT2D eigenvalue weighted by molar-refractivity contribution is -0.117.